The number of aromatic nitrogens is 2. The monoisotopic (exact) mass is 328 g/mol. The molecule has 0 atom stereocenters. The van der Waals surface area contributed by atoms with Gasteiger partial charge in [-0.25, -0.2) is 14.7 Å². The number of rotatable bonds is 3. The zero-order valence-corrected chi connectivity index (χ0v) is 13.1. The van der Waals surface area contributed by atoms with Gasteiger partial charge < -0.3 is 9.64 Å². The maximum absolute atomic E-state index is 12.7. The molecule has 0 aromatic carbocycles. The highest BCUT2D eigenvalue weighted by Gasteiger charge is 2.39. The van der Waals surface area contributed by atoms with Crippen LogP contribution in [0, 0.1) is 12.8 Å². The summed E-state index contributed by atoms with van der Waals surface area (Å²) >= 11 is 0. The molecule has 0 saturated carbocycles. The molecule has 24 heavy (non-hydrogen) atoms. The van der Waals surface area contributed by atoms with Crippen molar-refractivity contribution >= 4 is 23.6 Å². The molecule has 8 heteroatoms. The van der Waals surface area contributed by atoms with Crippen molar-refractivity contribution in [3.05, 3.63) is 35.8 Å². The lowest BCUT2D eigenvalue weighted by Crippen LogP contribution is -2.54. The van der Waals surface area contributed by atoms with Crippen molar-refractivity contribution in [1.29, 1.82) is 0 Å². The van der Waals surface area contributed by atoms with Gasteiger partial charge in [-0.1, -0.05) is 6.07 Å². The van der Waals surface area contributed by atoms with Crippen LogP contribution in [0.4, 0.5) is 4.79 Å². The smallest absolute Gasteiger partial charge is 0.417 e. The van der Waals surface area contributed by atoms with E-state index < -0.39 is 6.09 Å². The van der Waals surface area contributed by atoms with E-state index in [0.717, 1.165) is 10.5 Å². The summed E-state index contributed by atoms with van der Waals surface area (Å²) in [6, 6.07) is 5.59. The van der Waals surface area contributed by atoms with Gasteiger partial charge in [0.05, 0.1) is 5.69 Å². The van der Waals surface area contributed by atoms with Gasteiger partial charge in [-0.15, -0.1) is 0 Å². The van der Waals surface area contributed by atoms with Crippen molar-refractivity contribution in [2.24, 2.45) is 5.92 Å². The lowest BCUT2D eigenvalue weighted by Gasteiger charge is -2.40. The minimum absolute atomic E-state index is 0.0854. The highest BCUT2D eigenvalue weighted by atomic mass is 16.6. The Labute approximate surface area is 137 Å². The Morgan fingerprint density at radius 2 is 2.12 bits per heavy atom. The summed E-state index contributed by atoms with van der Waals surface area (Å²) in [4.78, 5) is 42.9. The predicted molar refractivity (Wildman–Crippen MR) is 82.4 cm³/mol. The predicted octanol–water partition coefficient (Wildman–Crippen LogP) is 0.694. The number of nitrogens with zero attached hydrogens (tertiary/aromatic N) is 4. The number of imide groups is 1. The number of carbonyl (C=O) groups excluding carboxylic acids is 3. The number of fused-ring (bicyclic) bond motifs is 1. The van der Waals surface area contributed by atoms with Gasteiger partial charge in [0.25, 0.3) is 11.8 Å². The molecular formula is C16H16N4O4. The van der Waals surface area contributed by atoms with Gasteiger partial charge in [0.15, 0.2) is 6.61 Å². The molecule has 0 radical (unpaired) electrons. The summed E-state index contributed by atoms with van der Waals surface area (Å²) in [5, 5.41) is 0. The Bertz CT molecular complexity index is 837. The number of carbonyl (C=O) groups is 3. The number of hydrogen-bond donors (Lipinski definition) is 0. The first-order chi connectivity index (χ1) is 11.5. The fourth-order valence-corrected chi connectivity index (χ4v) is 3.19. The number of pyridine rings is 1. The van der Waals surface area contributed by atoms with Gasteiger partial charge in [0, 0.05) is 31.7 Å². The number of likely N-dealkylation sites (tertiary alicyclic amines) is 1. The molecule has 0 bridgehead atoms. The standard InChI is InChI=1S/C16H16N4O4/c1-10-14(19-5-3-2-4-12(19)17-10)15(22)18-6-11(7-18)8-20-13(21)9-24-16(20)23/h2-5,11H,6-9H2,1H3. The van der Waals surface area contributed by atoms with Crippen LogP contribution in [0.15, 0.2) is 24.4 Å². The number of ether oxygens (including phenoxy) is 1. The fraction of sp³-hybridized carbons (Fsp3) is 0.375. The molecule has 0 aliphatic carbocycles. The second kappa shape index (κ2) is 5.33. The van der Waals surface area contributed by atoms with Crippen LogP contribution in [0.25, 0.3) is 5.65 Å². The summed E-state index contributed by atoms with van der Waals surface area (Å²) in [7, 11) is 0. The Hall–Kier alpha value is -2.90. The first-order valence-corrected chi connectivity index (χ1v) is 7.74. The van der Waals surface area contributed by atoms with Gasteiger partial charge in [-0.05, 0) is 19.1 Å². The molecule has 2 aromatic rings. The second-order valence-electron chi connectivity index (χ2n) is 6.11. The van der Waals surface area contributed by atoms with E-state index in [4.69, 9.17) is 0 Å². The Balaban J connectivity index is 1.45. The van der Waals surface area contributed by atoms with Crippen molar-refractivity contribution in [1.82, 2.24) is 19.2 Å². The van der Waals surface area contributed by atoms with Crippen LogP contribution >= 0.6 is 0 Å². The van der Waals surface area contributed by atoms with Crippen LogP contribution in [-0.2, 0) is 9.53 Å². The molecule has 2 aliphatic heterocycles. The van der Waals surface area contributed by atoms with Crippen LogP contribution in [-0.4, -0.2) is 63.3 Å². The summed E-state index contributed by atoms with van der Waals surface area (Å²) in [6.45, 7) is 2.95. The maximum atomic E-state index is 12.7. The third-order valence-electron chi connectivity index (χ3n) is 4.43. The van der Waals surface area contributed by atoms with Gasteiger partial charge >= 0.3 is 6.09 Å². The van der Waals surface area contributed by atoms with Crippen LogP contribution in [0.1, 0.15) is 16.2 Å². The average molecular weight is 328 g/mol. The van der Waals surface area contributed by atoms with E-state index in [9.17, 15) is 14.4 Å². The quantitative estimate of drug-likeness (QED) is 0.828. The molecule has 124 valence electrons. The molecule has 0 spiro atoms. The molecule has 4 heterocycles. The van der Waals surface area contributed by atoms with Gasteiger partial charge in [-0.2, -0.15) is 0 Å². The van der Waals surface area contributed by atoms with E-state index in [-0.39, 0.29) is 24.3 Å². The van der Waals surface area contributed by atoms with Crippen LogP contribution in [0.5, 0.6) is 0 Å². The highest BCUT2D eigenvalue weighted by molar-refractivity contribution is 5.98. The molecule has 2 aromatic heterocycles. The molecule has 2 saturated heterocycles. The Kier molecular flexibility index (Phi) is 3.26. The summed E-state index contributed by atoms with van der Waals surface area (Å²) in [5.41, 5.74) is 1.98. The van der Waals surface area contributed by atoms with Crippen molar-refractivity contribution < 1.29 is 19.1 Å². The third-order valence-corrected chi connectivity index (χ3v) is 4.43. The third kappa shape index (κ3) is 2.22. The molecule has 0 unspecified atom stereocenters. The average Bonchev–Trinajstić information content (AvgIpc) is 3.01. The normalized spacial score (nSPS) is 18.2. The number of amides is 3. The number of imidazole rings is 1. The van der Waals surface area contributed by atoms with E-state index in [2.05, 4.69) is 9.72 Å². The lowest BCUT2D eigenvalue weighted by atomic mass is 9.99. The highest BCUT2D eigenvalue weighted by Crippen LogP contribution is 2.23. The zero-order valence-electron chi connectivity index (χ0n) is 13.1. The Morgan fingerprint density at radius 3 is 2.83 bits per heavy atom. The van der Waals surface area contributed by atoms with Crippen molar-refractivity contribution in [3.63, 3.8) is 0 Å². The maximum Gasteiger partial charge on any atom is 0.417 e. The molecule has 8 nitrogen and oxygen atoms in total. The van der Waals surface area contributed by atoms with E-state index in [1.807, 2.05) is 31.3 Å². The number of aryl methyl sites for hydroxylation is 1. The first-order valence-electron chi connectivity index (χ1n) is 7.74. The Morgan fingerprint density at radius 1 is 1.33 bits per heavy atom. The zero-order chi connectivity index (χ0) is 16.8. The van der Waals surface area contributed by atoms with Crippen molar-refractivity contribution in [2.45, 2.75) is 6.92 Å². The first kappa shape index (κ1) is 14.7. The van der Waals surface area contributed by atoms with Crippen LogP contribution in [0.3, 0.4) is 0 Å². The number of hydrogen-bond acceptors (Lipinski definition) is 5. The second-order valence-corrected chi connectivity index (χ2v) is 6.11. The molecular weight excluding hydrogens is 312 g/mol. The molecule has 2 fully saturated rings. The van der Waals surface area contributed by atoms with E-state index in [1.165, 1.54) is 0 Å². The van der Waals surface area contributed by atoms with Gasteiger partial charge in [0.2, 0.25) is 0 Å². The lowest BCUT2D eigenvalue weighted by molar-refractivity contribution is -0.126. The van der Waals surface area contributed by atoms with E-state index in [1.54, 1.807) is 9.30 Å². The molecule has 2 aliphatic rings. The van der Waals surface area contributed by atoms with Crippen LogP contribution < -0.4 is 0 Å². The van der Waals surface area contributed by atoms with Crippen molar-refractivity contribution in [3.8, 4) is 0 Å². The molecule has 4 rings (SSSR count). The fourth-order valence-electron chi connectivity index (χ4n) is 3.19. The summed E-state index contributed by atoms with van der Waals surface area (Å²) in [6.07, 6.45) is 1.22. The van der Waals surface area contributed by atoms with Crippen molar-refractivity contribution in [2.75, 3.05) is 26.2 Å². The van der Waals surface area contributed by atoms with Gasteiger partial charge in [-0.3, -0.25) is 14.0 Å². The van der Waals surface area contributed by atoms with Gasteiger partial charge in [0.1, 0.15) is 11.3 Å². The minimum Gasteiger partial charge on any atom is -0.439 e. The topological polar surface area (TPSA) is 84.2 Å². The van der Waals surface area contributed by atoms with Crippen LogP contribution in [0.2, 0.25) is 0 Å². The molecule has 3 amide bonds. The number of cyclic esters (lactones) is 1. The minimum atomic E-state index is -0.595. The van der Waals surface area contributed by atoms with E-state index in [0.29, 0.717) is 31.0 Å². The molecule has 0 N–H and O–H groups in total. The summed E-state index contributed by atoms with van der Waals surface area (Å²) in [5.74, 6) is -0.316. The largest absolute Gasteiger partial charge is 0.439 e. The summed E-state index contributed by atoms with van der Waals surface area (Å²) < 4.78 is 6.47. The van der Waals surface area contributed by atoms with E-state index >= 15 is 0 Å². The SMILES string of the molecule is Cc1nc2ccccn2c1C(=O)N1CC(CN2C(=O)COC2=O)C1.